The van der Waals surface area contributed by atoms with Crippen molar-refractivity contribution in [3.63, 3.8) is 0 Å². The second-order valence-electron chi connectivity index (χ2n) is 5.52. The fourth-order valence-electron chi connectivity index (χ4n) is 2.33. The molecule has 0 spiro atoms. The maximum atomic E-state index is 12.5. The maximum absolute atomic E-state index is 12.5. The molecule has 0 radical (unpaired) electrons. The second kappa shape index (κ2) is 6.00. The first-order chi connectivity index (χ1) is 11.0. The normalized spacial score (nSPS) is 11.2. The van der Waals surface area contributed by atoms with E-state index in [1.807, 2.05) is 39.0 Å². The number of aromatic nitrogens is 3. The highest BCUT2D eigenvalue weighted by molar-refractivity contribution is 7.22. The molecule has 120 valence electrons. The number of carbonyl (C=O) groups excluding carboxylic acids is 1. The van der Waals surface area contributed by atoms with Crippen molar-refractivity contribution in [2.24, 2.45) is 0 Å². The summed E-state index contributed by atoms with van der Waals surface area (Å²) in [5, 5.41) is 7.78. The highest BCUT2D eigenvalue weighted by Crippen LogP contribution is 2.29. The number of ether oxygens (including phenoxy) is 1. The Morgan fingerprint density at radius 1 is 1.35 bits per heavy atom. The molecule has 1 N–H and O–H groups in total. The first-order valence-corrected chi connectivity index (χ1v) is 8.11. The molecule has 0 saturated carbocycles. The molecular weight excluding hydrogens is 312 g/mol. The van der Waals surface area contributed by atoms with Crippen LogP contribution >= 0.6 is 11.3 Å². The highest BCUT2D eigenvalue weighted by Gasteiger charge is 2.17. The second-order valence-corrected chi connectivity index (χ2v) is 6.55. The van der Waals surface area contributed by atoms with E-state index < -0.39 is 0 Å². The lowest BCUT2D eigenvalue weighted by atomic mass is 10.3. The fourth-order valence-corrected chi connectivity index (χ4v) is 3.22. The standard InChI is InChI=1S/C16H18N4O2S/c1-9(2)20-13(7-10(3)19-20)15(21)18-16-17-12-6-5-11(22-4)8-14(12)23-16/h5-9H,1-4H3,(H,17,18,21). The van der Waals surface area contributed by atoms with E-state index in [2.05, 4.69) is 15.4 Å². The van der Waals surface area contributed by atoms with Gasteiger partial charge in [-0.25, -0.2) is 4.98 Å². The largest absolute Gasteiger partial charge is 0.497 e. The molecule has 0 saturated heterocycles. The Labute approximate surface area is 138 Å². The Kier molecular flexibility index (Phi) is 4.04. The summed E-state index contributed by atoms with van der Waals surface area (Å²) in [5.74, 6) is 0.567. The molecule has 1 amide bonds. The number of nitrogens with one attached hydrogen (secondary N) is 1. The van der Waals surface area contributed by atoms with Crippen molar-refractivity contribution in [3.05, 3.63) is 35.7 Å². The van der Waals surface area contributed by atoms with Crippen LogP contribution in [0.4, 0.5) is 5.13 Å². The molecule has 2 heterocycles. The molecule has 0 fully saturated rings. The number of rotatable bonds is 4. The van der Waals surface area contributed by atoms with E-state index in [-0.39, 0.29) is 11.9 Å². The molecule has 0 aliphatic carbocycles. The quantitative estimate of drug-likeness (QED) is 0.793. The molecule has 3 rings (SSSR count). The van der Waals surface area contributed by atoms with Crippen LogP contribution in [0.2, 0.25) is 0 Å². The Morgan fingerprint density at radius 2 is 2.13 bits per heavy atom. The third-order valence-corrected chi connectivity index (χ3v) is 4.33. The topological polar surface area (TPSA) is 69.0 Å². The number of amides is 1. The number of hydrogen-bond acceptors (Lipinski definition) is 5. The number of thiazole rings is 1. The van der Waals surface area contributed by atoms with Crippen LogP contribution in [0, 0.1) is 6.92 Å². The lowest BCUT2D eigenvalue weighted by Gasteiger charge is -2.09. The molecule has 2 aromatic heterocycles. The monoisotopic (exact) mass is 330 g/mol. The van der Waals surface area contributed by atoms with Gasteiger partial charge in [0.05, 0.1) is 23.0 Å². The summed E-state index contributed by atoms with van der Waals surface area (Å²) in [6, 6.07) is 7.54. The van der Waals surface area contributed by atoms with Gasteiger partial charge in [-0.1, -0.05) is 11.3 Å². The van der Waals surface area contributed by atoms with Gasteiger partial charge < -0.3 is 4.74 Å². The summed E-state index contributed by atoms with van der Waals surface area (Å²) in [7, 11) is 1.63. The maximum Gasteiger partial charge on any atom is 0.275 e. The van der Waals surface area contributed by atoms with Crippen LogP contribution in [-0.2, 0) is 0 Å². The predicted octanol–water partition coefficient (Wildman–Crippen LogP) is 3.64. The van der Waals surface area contributed by atoms with Crippen molar-refractivity contribution in [3.8, 4) is 5.75 Å². The van der Waals surface area contributed by atoms with Gasteiger partial charge in [-0.15, -0.1) is 0 Å². The van der Waals surface area contributed by atoms with Gasteiger partial charge in [0.15, 0.2) is 5.13 Å². The van der Waals surface area contributed by atoms with Gasteiger partial charge in [0.2, 0.25) is 0 Å². The van der Waals surface area contributed by atoms with E-state index in [0.717, 1.165) is 21.7 Å². The van der Waals surface area contributed by atoms with Crippen molar-refractivity contribution in [1.82, 2.24) is 14.8 Å². The van der Waals surface area contributed by atoms with Crippen molar-refractivity contribution in [2.75, 3.05) is 12.4 Å². The third-order valence-electron chi connectivity index (χ3n) is 3.40. The average Bonchev–Trinajstić information content (AvgIpc) is 3.09. The minimum Gasteiger partial charge on any atom is -0.497 e. The lowest BCUT2D eigenvalue weighted by molar-refractivity contribution is 0.101. The van der Waals surface area contributed by atoms with E-state index in [0.29, 0.717) is 10.8 Å². The van der Waals surface area contributed by atoms with Crippen molar-refractivity contribution in [1.29, 1.82) is 0 Å². The molecular formula is C16H18N4O2S. The summed E-state index contributed by atoms with van der Waals surface area (Å²) in [6.45, 7) is 5.86. The number of aryl methyl sites for hydroxylation is 1. The molecule has 0 bridgehead atoms. The van der Waals surface area contributed by atoms with Crippen molar-refractivity contribution in [2.45, 2.75) is 26.8 Å². The summed E-state index contributed by atoms with van der Waals surface area (Å²) < 4.78 is 7.90. The summed E-state index contributed by atoms with van der Waals surface area (Å²) >= 11 is 1.42. The number of anilines is 1. The molecule has 7 heteroatoms. The fraction of sp³-hybridized carbons (Fsp3) is 0.312. The Morgan fingerprint density at radius 3 is 2.83 bits per heavy atom. The van der Waals surface area contributed by atoms with Gasteiger partial charge in [-0.2, -0.15) is 5.10 Å². The summed E-state index contributed by atoms with van der Waals surface area (Å²) in [5.41, 5.74) is 2.19. The zero-order chi connectivity index (χ0) is 16.6. The number of methoxy groups -OCH3 is 1. The van der Waals surface area contributed by atoms with Crippen LogP contribution in [0.5, 0.6) is 5.75 Å². The van der Waals surface area contributed by atoms with Crippen LogP contribution < -0.4 is 10.1 Å². The Bertz CT molecular complexity index is 866. The number of hydrogen-bond donors (Lipinski definition) is 1. The molecule has 1 aromatic carbocycles. The predicted molar refractivity (Wildman–Crippen MR) is 91.5 cm³/mol. The van der Waals surface area contributed by atoms with Crippen LogP contribution in [-0.4, -0.2) is 27.8 Å². The van der Waals surface area contributed by atoms with E-state index in [4.69, 9.17) is 4.74 Å². The first kappa shape index (κ1) is 15.5. The number of benzene rings is 1. The Balaban J connectivity index is 1.88. The van der Waals surface area contributed by atoms with E-state index in [1.165, 1.54) is 11.3 Å². The minimum atomic E-state index is -0.203. The van der Waals surface area contributed by atoms with Gasteiger partial charge in [-0.3, -0.25) is 14.8 Å². The number of carbonyl (C=O) groups is 1. The van der Waals surface area contributed by atoms with Gasteiger partial charge >= 0.3 is 0 Å². The van der Waals surface area contributed by atoms with Gasteiger partial charge in [0.1, 0.15) is 11.4 Å². The zero-order valence-electron chi connectivity index (χ0n) is 13.5. The molecule has 0 aliphatic heterocycles. The van der Waals surface area contributed by atoms with Crippen LogP contribution in [0.25, 0.3) is 10.2 Å². The molecule has 23 heavy (non-hydrogen) atoms. The summed E-state index contributed by atoms with van der Waals surface area (Å²) in [4.78, 5) is 17.0. The minimum absolute atomic E-state index is 0.115. The van der Waals surface area contributed by atoms with Crippen LogP contribution in [0.1, 0.15) is 36.1 Å². The van der Waals surface area contributed by atoms with Crippen molar-refractivity contribution >= 4 is 32.6 Å². The number of nitrogens with zero attached hydrogens (tertiary/aromatic N) is 3. The highest BCUT2D eigenvalue weighted by atomic mass is 32.1. The Hall–Kier alpha value is -2.41. The SMILES string of the molecule is COc1ccc2nc(NC(=O)c3cc(C)nn3C(C)C)sc2c1. The van der Waals surface area contributed by atoms with Gasteiger partial charge in [0, 0.05) is 6.04 Å². The van der Waals surface area contributed by atoms with Crippen LogP contribution in [0.3, 0.4) is 0 Å². The molecule has 3 aromatic rings. The summed E-state index contributed by atoms with van der Waals surface area (Å²) in [6.07, 6.45) is 0. The van der Waals surface area contributed by atoms with Crippen LogP contribution in [0.15, 0.2) is 24.3 Å². The van der Waals surface area contributed by atoms with E-state index in [1.54, 1.807) is 17.9 Å². The third kappa shape index (κ3) is 3.05. The molecule has 0 unspecified atom stereocenters. The average molecular weight is 330 g/mol. The first-order valence-electron chi connectivity index (χ1n) is 7.30. The van der Waals surface area contributed by atoms with E-state index >= 15 is 0 Å². The van der Waals surface area contributed by atoms with Gasteiger partial charge in [0.25, 0.3) is 5.91 Å². The zero-order valence-corrected chi connectivity index (χ0v) is 14.3. The molecule has 6 nitrogen and oxygen atoms in total. The molecule has 0 aliphatic rings. The smallest absolute Gasteiger partial charge is 0.275 e. The van der Waals surface area contributed by atoms with Gasteiger partial charge in [-0.05, 0) is 45.0 Å². The molecule has 0 atom stereocenters. The van der Waals surface area contributed by atoms with E-state index in [9.17, 15) is 4.79 Å². The van der Waals surface area contributed by atoms with Crippen molar-refractivity contribution < 1.29 is 9.53 Å². The lowest BCUT2D eigenvalue weighted by Crippen LogP contribution is -2.18. The number of fused-ring (bicyclic) bond motifs is 1.